The van der Waals surface area contributed by atoms with Gasteiger partial charge in [0.15, 0.2) is 0 Å². The first-order valence-electron chi connectivity index (χ1n) is 6.67. The van der Waals surface area contributed by atoms with E-state index >= 15 is 0 Å². The van der Waals surface area contributed by atoms with Crippen molar-refractivity contribution < 1.29 is 4.74 Å². The van der Waals surface area contributed by atoms with Gasteiger partial charge in [0.05, 0.1) is 6.20 Å². The molecule has 0 spiro atoms. The predicted octanol–water partition coefficient (Wildman–Crippen LogP) is 3.93. The van der Waals surface area contributed by atoms with Gasteiger partial charge in [-0.15, -0.1) is 0 Å². The van der Waals surface area contributed by atoms with Crippen LogP contribution < -0.4 is 10.1 Å². The van der Waals surface area contributed by atoms with Crippen LogP contribution in [0.1, 0.15) is 5.56 Å². The lowest BCUT2D eigenvalue weighted by Crippen LogP contribution is -2.01. The summed E-state index contributed by atoms with van der Waals surface area (Å²) < 4.78 is 5.68. The van der Waals surface area contributed by atoms with E-state index in [4.69, 9.17) is 16.3 Å². The molecule has 3 aromatic rings. The molecule has 6 heteroatoms. The van der Waals surface area contributed by atoms with E-state index in [0.717, 1.165) is 11.4 Å². The number of benzene rings is 1. The quantitative estimate of drug-likeness (QED) is 0.773. The van der Waals surface area contributed by atoms with Gasteiger partial charge in [0.1, 0.15) is 23.6 Å². The van der Waals surface area contributed by atoms with Crippen LogP contribution in [0.4, 0.5) is 5.82 Å². The third-order valence-corrected chi connectivity index (χ3v) is 3.09. The van der Waals surface area contributed by atoms with Crippen LogP contribution in [0.15, 0.2) is 61.3 Å². The minimum atomic E-state index is 0.613. The number of rotatable bonds is 5. The molecule has 0 aliphatic carbocycles. The first kappa shape index (κ1) is 14.3. The number of aromatic nitrogens is 3. The Morgan fingerprint density at radius 3 is 2.59 bits per heavy atom. The molecule has 22 heavy (non-hydrogen) atoms. The Balaban J connectivity index is 1.60. The lowest BCUT2D eigenvalue weighted by molar-refractivity contribution is 0.480. The number of halogens is 1. The summed E-state index contributed by atoms with van der Waals surface area (Å²) in [4.78, 5) is 12.2. The molecule has 2 heterocycles. The summed E-state index contributed by atoms with van der Waals surface area (Å²) in [5.74, 6) is 2.08. The van der Waals surface area contributed by atoms with Gasteiger partial charge in [0.2, 0.25) is 0 Å². The standard InChI is InChI=1S/C16H13ClN4O/c17-13-2-1-3-14(6-13)22-15-4-5-16(21-10-15)20-9-12-7-18-11-19-8-12/h1-8,10-11H,9H2,(H,20,21). The summed E-state index contributed by atoms with van der Waals surface area (Å²) in [6.07, 6.45) is 6.68. The van der Waals surface area contributed by atoms with Crippen molar-refractivity contribution in [3.05, 3.63) is 71.9 Å². The summed E-state index contributed by atoms with van der Waals surface area (Å²) in [7, 11) is 0. The Kier molecular flexibility index (Phi) is 4.46. The second-order valence-corrected chi connectivity index (χ2v) is 4.98. The van der Waals surface area contributed by atoms with Gasteiger partial charge in [-0.1, -0.05) is 17.7 Å². The lowest BCUT2D eigenvalue weighted by atomic mass is 10.3. The van der Waals surface area contributed by atoms with Gasteiger partial charge in [-0.2, -0.15) is 0 Å². The number of nitrogens with zero attached hydrogens (tertiary/aromatic N) is 3. The Labute approximate surface area is 133 Å². The average Bonchev–Trinajstić information content (AvgIpc) is 2.55. The molecular weight excluding hydrogens is 300 g/mol. The number of hydrogen-bond acceptors (Lipinski definition) is 5. The average molecular weight is 313 g/mol. The van der Waals surface area contributed by atoms with Gasteiger partial charge in [0.25, 0.3) is 0 Å². The van der Waals surface area contributed by atoms with Gasteiger partial charge < -0.3 is 10.1 Å². The molecule has 3 rings (SSSR count). The topological polar surface area (TPSA) is 59.9 Å². The van der Waals surface area contributed by atoms with Crippen LogP contribution in [0.25, 0.3) is 0 Å². The second kappa shape index (κ2) is 6.87. The van der Waals surface area contributed by atoms with Gasteiger partial charge in [-0.25, -0.2) is 15.0 Å². The lowest BCUT2D eigenvalue weighted by Gasteiger charge is -2.08. The highest BCUT2D eigenvalue weighted by atomic mass is 35.5. The first-order chi connectivity index (χ1) is 10.8. The van der Waals surface area contributed by atoms with Crippen molar-refractivity contribution >= 4 is 17.4 Å². The van der Waals surface area contributed by atoms with E-state index in [9.17, 15) is 0 Å². The molecule has 2 aromatic heterocycles. The van der Waals surface area contributed by atoms with Crippen molar-refractivity contribution in [3.8, 4) is 11.5 Å². The highest BCUT2D eigenvalue weighted by Crippen LogP contribution is 2.24. The summed E-state index contributed by atoms with van der Waals surface area (Å²) in [6.45, 7) is 0.613. The Morgan fingerprint density at radius 1 is 1.00 bits per heavy atom. The smallest absolute Gasteiger partial charge is 0.145 e. The van der Waals surface area contributed by atoms with Gasteiger partial charge in [-0.05, 0) is 30.3 Å². The maximum atomic E-state index is 5.92. The fraction of sp³-hybridized carbons (Fsp3) is 0.0625. The van der Waals surface area contributed by atoms with Gasteiger partial charge >= 0.3 is 0 Å². The van der Waals surface area contributed by atoms with Crippen LogP contribution in [0.2, 0.25) is 5.02 Å². The number of hydrogen-bond donors (Lipinski definition) is 1. The molecule has 5 nitrogen and oxygen atoms in total. The molecule has 110 valence electrons. The fourth-order valence-corrected chi connectivity index (χ4v) is 2.01. The molecule has 1 aromatic carbocycles. The molecule has 1 N–H and O–H groups in total. The minimum absolute atomic E-state index is 0.613. The molecule has 0 aliphatic rings. The van der Waals surface area contributed by atoms with E-state index < -0.39 is 0 Å². The van der Waals surface area contributed by atoms with Crippen LogP contribution in [0.3, 0.4) is 0 Å². The molecule has 0 bridgehead atoms. The third kappa shape index (κ3) is 3.93. The highest BCUT2D eigenvalue weighted by Gasteiger charge is 2.00. The molecule has 0 unspecified atom stereocenters. The SMILES string of the molecule is Clc1cccc(Oc2ccc(NCc3cncnc3)nc2)c1. The molecule has 0 atom stereocenters. The predicted molar refractivity (Wildman–Crippen MR) is 85.1 cm³/mol. The van der Waals surface area contributed by atoms with E-state index in [0.29, 0.717) is 23.1 Å². The Hall–Kier alpha value is -2.66. The second-order valence-electron chi connectivity index (χ2n) is 4.54. The van der Waals surface area contributed by atoms with Crippen LogP contribution >= 0.6 is 11.6 Å². The van der Waals surface area contributed by atoms with Crippen molar-refractivity contribution in [2.24, 2.45) is 0 Å². The maximum absolute atomic E-state index is 5.92. The summed E-state index contributed by atoms with van der Waals surface area (Å²) >= 11 is 5.92. The van der Waals surface area contributed by atoms with Crippen LogP contribution in [0, 0.1) is 0 Å². The minimum Gasteiger partial charge on any atom is -0.456 e. The molecule has 0 radical (unpaired) electrons. The maximum Gasteiger partial charge on any atom is 0.145 e. The van der Waals surface area contributed by atoms with E-state index in [1.807, 2.05) is 24.3 Å². The molecular formula is C16H13ClN4O. The van der Waals surface area contributed by atoms with E-state index in [-0.39, 0.29) is 0 Å². The normalized spacial score (nSPS) is 10.2. The molecule has 0 saturated heterocycles. The molecule has 0 fully saturated rings. The van der Waals surface area contributed by atoms with E-state index in [1.54, 1.807) is 30.7 Å². The fourth-order valence-electron chi connectivity index (χ4n) is 1.83. The number of nitrogens with one attached hydrogen (secondary N) is 1. The van der Waals surface area contributed by atoms with E-state index in [2.05, 4.69) is 20.3 Å². The number of pyridine rings is 1. The Bertz CT molecular complexity index is 735. The van der Waals surface area contributed by atoms with Crippen LogP contribution in [-0.4, -0.2) is 15.0 Å². The van der Waals surface area contributed by atoms with Crippen molar-refractivity contribution in [1.29, 1.82) is 0 Å². The number of ether oxygens (including phenoxy) is 1. The summed E-state index contributed by atoms with van der Waals surface area (Å²) in [5.41, 5.74) is 0.989. The zero-order valence-electron chi connectivity index (χ0n) is 11.6. The van der Waals surface area contributed by atoms with Crippen molar-refractivity contribution in [2.75, 3.05) is 5.32 Å². The zero-order valence-corrected chi connectivity index (χ0v) is 12.4. The monoisotopic (exact) mass is 312 g/mol. The highest BCUT2D eigenvalue weighted by molar-refractivity contribution is 6.30. The molecule has 0 saturated carbocycles. The number of anilines is 1. The molecule has 0 amide bonds. The van der Waals surface area contributed by atoms with Crippen LogP contribution in [-0.2, 0) is 6.54 Å². The van der Waals surface area contributed by atoms with Gasteiger partial charge in [-0.3, -0.25) is 0 Å². The van der Waals surface area contributed by atoms with Crippen molar-refractivity contribution in [3.63, 3.8) is 0 Å². The molecule has 0 aliphatic heterocycles. The summed E-state index contributed by atoms with van der Waals surface area (Å²) in [6, 6.07) is 10.9. The van der Waals surface area contributed by atoms with Crippen LogP contribution in [0.5, 0.6) is 11.5 Å². The largest absolute Gasteiger partial charge is 0.456 e. The summed E-state index contributed by atoms with van der Waals surface area (Å²) in [5, 5.41) is 3.83. The van der Waals surface area contributed by atoms with Gasteiger partial charge in [0, 0.05) is 29.5 Å². The third-order valence-electron chi connectivity index (χ3n) is 2.86. The van der Waals surface area contributed by atoms with Crippen molar-refractivity contribution in [1.82, 2.24) is 15.0 Å². The Morgan fingerprint density at radius 2 is 1.86 bits per heavy atom. The zero-order chi connectivity index (χ0) is 15.2. The van der Waals surface area contributed by atoms with E-state index in [1.165, 1.54) is 6.33 Å². The first-order valence-corrected chi connectivity index (χ1v) is 7.04. The van der Waals surface area contributed by atoms with Crippen molar-refractivity contribution in [2.45, 2.75) is 6.54 Å².